The molecule has 0 bridgehead atoms. The fraction of sp³-hybridized carbons (Fsp3) is 0.818. The molecule has 0 amide bonds. The molecule has 30 heavy (non-hydrogen) atoms. The second-order valence-corrected chi connectivity index (χ2v) is 8.74. The van der Waals surface area contributed by atoms with Crippen LogP contribution >= 0.6 is 0 Å². The summed E-state index contributed by atoms with van der Waals surface area (Å²) >= 11 is 0. The molecular formula is C22H40O8. The van der Waals surface area contributed by atoms with Gasteiger partial charge in [0.25, 0.3) is 0 Å². The second kappa shape index (κ2) is 14.6. The van der Waals surface area contributed by atoms with E-state index in [-0.39, 0.29) is 6.42 Å². The molecule has 6 N–H and O–H groups in total. The minimum atomic E-state index is -2.35. The average Bonchev–Trinajstić information content (AvgIpc) is 2.68. The van der Waals surface area contributed by atoms with Gasteiger partial charge in [-0.05, 0) is 31.6 Å². The number of hydrogen-bond acceptors (Lipinski definition) is 7. The van der Waals surface area contributed by atoms with Crippen LogP contribution < -0.4 is 0 Å². The molecule has 0 saturated heterocycles. The number of Topliss-reactive ketones (excluding diaryl/α,β-unsaturated/α-hetero) is 1. The third kappa shape index (κ3) is 11.2. The number of ketones is 1. The zero-order chi connectivity index (χ0) is 23.4. The fourth-order valence-corrected chi connectivity index (χ4v) is 3.16. The topological polar surface area (TPSA) is 156 Å². The number of hydrogen-bond donors (Lipinski definition) is 6. The van der Waals surface area contributed by atoms with Crippen LogP contribution in [0.15, 0.2) is 11.6 Å². The number of carbonyl (C=O) groups is 2. The number of carboxylic acids is 1. The van der Waals surface area contributed by atoms with Crippen molar-refractivity contribution in [1.82, 2.24) is 0 Å². The molecule has 0 aliphatic carbocycles. The lowest BCUT2D eigenvalue weighted by molar-refractivity contribution is -0.169. The van der Waals surface area contributed by atoms with Crippen molar-refractivity contribution in [3.05, 3.63) is 11.6 Å². The zero-order valence-corrected chi connectivity index (χ0v) is 18.6. The Labute approximate surface area is 179 Å². The Bertz CT molecular complexity index is 545. The Morgan fingerprint density at radius 2 is 1.33 bits per heavy atom. The summed E-state index contributed by atoms with van der Waals surface area (Å²) in [6, 6.07) is 0. The van der Waals surface area contributed by atoms with E-state index in [1.54, 1.807) is 6.08 Å². The number of aliphatic carboxylic acids is 1. The fourth-order valence-electron chi connectivity index (χ4n) is 3.16. The van der Waals surface area contributed by atoms with Crippen molar-refractivity contribution in [2.24, 2.45) is 11.8 Å². The van der Waals surface area contributed by atoms with Crippen LogP contribution in [0, 0.1) is 11.8 Å². The summed E-state index contributed by atoms with van der Waals surface area (Å²) in [6.07, 6.45) is -2.90. The smallest absolute Gasteiger partial charge is 0.335 e. The van der Waals surface area contributed by atoms with Crippen molar-refractivity contribution in [3.8, 4) is 0 Å². The van der Waals surface area contributed by atoms with E-state index in [2.05, 4.69) is 20.8 Å². The van der Waals surface area contributed by atoms with Gasteiger partial charge in [0.2, 0.25) is 0 Å². The van der Waals surface area contributed by atoms with E-state index >= 15 is 0 Å². The third-order valence-electron chi connectivity index (χ3n) is 5.33. The van der Waals surface area contributed by atoms with E-state index in [9.17, 15) is 35.1 Å². The summed E-state index contributed by atoms with van der Waals surface area (Å²) in [5.41, 5.74) is 0.973. The van der Waals surface area contributed by atoms with Gasteiger partial charge < -0.3 is 30.6 Å². The maximum absolute atomic E-state index is 12.0. The van der Waals surface area contributed by atoms with E-state index in [1.807, 2.05) is 6.92 Å². The first-order valence-corrected chi connectivity index (χ1v) is 10.7. The molecule has 0 spiro atoms. The minimum absolute atomic E-state index is 0.168. The lowest BCUT2D eigenvalue weighted by Crippen LogP contribution is -2.52. The van der Waals surface area contributed by atoms with Crippen molar-refractivity contribution < 1.29 is 40.2 Å². The van der Waals surface area contributed by atoms with Gasteiger partial charge >= 0.3 is 5.97 Å². The number of carboxylic acid groups (broad SMARTS) is 1. The first kappa shape index (κ1) is 28.7. The Kier molecular flexibility index (Phi) is 14.0. The zero-order valence-electron chi connectivity index (χ0n) is 18.6. The standard InChI is InChI=1S/C22H40O8/c1-13(2)7-5-8-14(3)9-6-10-15(4)11-12-16(23)17(24)18(25)19(26)20(27)21(28)22(29)30/h11,13-14,17-21,24-28H,5-10,12H2,1-4H3,(H,29,30)/t14?,17?,18-,19-,20+,21+/m1/s1. The highest BCUT2D eigenvalue weighted by molar-refractivity contribution is 5.84. The molecule has 8 nitrogen and oxygen atoms in total. The van der Waals surface area contributed by atoms with Crippen molar-refractivity contribution in [2.75, 3.05) is 0 Å². The number of aliphatic hydroxyl groups is 5. The van der Waals surface area contributed by atoms with Crippen LogP contribution in [0.2, 0.25) is 0 Å². The van der Waals surface area contributed by atoms with Crippen LogP contribution in [-0.4, -0.2) is 72.9 Å². The molecule has 176 valence electrons. The Morgan fingerprint density at radius 1 is 0.800 bits per heavy atom. The summed E-state index contributed by atoms with van der Waals surface area (Å²) in [6.45, 7) is 8.56. The molecule has 0 aliphatic rings. The summed E-state index contributed by atoms with van der Waals surface area (Å²) in [4.78, 5) is 22.7. The lowest BCUT2D eigenvalue weighted by Gasteiger charge is -2.27. The van der Waals surface area contributed by atoms with E-state index < -0.39 is 42.3 Å². The molecule has 0 radical (unpaired) electrons. The van der Waals surface area contributed by atoms with E-state index in [4.69, 9.17) is 5.11 Å². The van der Waals surface area contributed by atoms with Crippen molar-refractivity contribution in [1.29, 1.82) is 0 Å². The first-order valence-electron chi connectivity index (χ1n) is 10.7. The van der Waals surface area contributed by atoms with Crippen molar-refractivity contribution in [3.63, 3.8) is 0 Å². The predicted octanol–water partition coefficient (Wildman–Crippen LogP) is 1.41. The van der Waals surface area contributed by atoms with Crippen molar-refractivity contribution >= 4 is 11.8 Å². The summed E-state index contributed by atoms with van der Waals surface area (Å²) in [5, 5.41) is 56.8. The molecule has 8 heteroatoms. The first-order chi connectivity index (χ1) is 13.9. The quantitative estimate of drug-likeness (QED) is 0.200. The molecule has 0 aromatic carbocycles. The van der Waals surface area contributed by atoms with Gasteiger partial charge in [0.1, 0.15) is 24.4 Å². The van der Waals surface area contributed by atoms with Gasteiger partial charge in [-0.1, -0.05) is 58.1 Å². The van der Waals surface area contributed by atoms with Crippen LogP contribution in [-0.2, 0) is 9.59 Å². The number of aliphatic hydroxyl groups excluding tert-OH is 5. The van der Waals surface area contributed by atoms with Gasteiger partial charge in [0.15, 0.2) is 11.9 Å². The number of carbonyl (C=O) groups excluding carboxylic acids is 1. The molecule has 0 fully saturated rings. The highest BCUT2D eigenvalue weighted by Crippen LogP contribution is 2.19. The van der Waals surface area contributed by atoms with Gasteiger partial charge in [-0.3, -0.25) is 4.79 Å². The van der Waals surface area contributed by atoms with Gasteiger partial charge in [-0.2, -0.15) is 0 Å². The Morgan fingerprint density at radius 3 is 1.87 bits per heavy atom. The molecule has 0 aromatic rings. The maximum Gasteiger partial charge on any atom is 0.335 e. The van der Waals surface area contributed by atoms with Crippen LogP contribution in [0.5, 0.6) is 0 Å². The highest BCUT2D eigenvalue weighted by Gasteiger charge is 2.39. The summed E-state index contributed by atoms with van der Waals surface area (Å²) in [5.74, 6) is -1.22. The average molecular weight is 433 g/mol. The van der Waals surface area contributed by atoms with Gasteiger partial charge in [0.05, 0.1) is 0 Å². The SMILES string of the molecule is CC(=CCC(=O)C(O)[C@@H](O)[C@@H](O)[C@H](O)[C@H](O)C(=O)O)CCCC(C)CCCC(C)C. The minimum Gasteiger partial charge on any atom is -0.479 e. The molecule has 0 aliphatic heterocycles. The van der Waals surface area contributed by atoms with E-state index in [1.165, 1.54) is 19.3 Å². The predicted molar refractivity (Wildman–Crippen MR) is 113 cm³/mol. The van der Waals surface area contributed by atoms with Crippen LogP contribution in [0.4, 0.5) is 0 Å². The molecule has 0 heterocycles. The van der Waals surface area contributed by atoms with Crippen LogP contribution in [0.1, 0.15) is 72.6 Å². The summed E-state index contributed by atoms with van der Waals surface area (Å²) in [7, 11) is 0. The van der Waals surface area contributed by atoms with Crippen molar-refractivity contribution in [2.45, 2.75) is 103 Å². The molecule has 0 saturated carbocycles. The largest absolute Gasteiger partial charge is 0.479 e. The summed E-state index contributed by atoms with van der Waals surface area (Å²) < 4.78 is 0. The molecular weight excluding hydrogens is 392 g/mol. The molecule has 6 atom stereocenters. The Hall–Kier alpha value is -1.32. The highest BCUT2D eigenvalue weighted by atomic mass is 16.4. The van der Waals surface area contributed by atoms with Crippen LogP contribution in [0.25, 0.3) is 0 Å². The number of rotatable bonds is 16. The monoisotopic (exact) mass is 432 g/mol. The van der Waals surface area contributed by atoms with Gasteiger partial charge in [-0.25, -0.2) is 4.79 Å². The van der Waals surface area contributed by atoms with Gasteiger partial charge in [-0.15, -0.1) is 0 Å². The second-order valence-electron chi connectivity index (χ2n) is 8.74. The number of allylic oxidation sites excluding steroid dienone is 2. The van der Waals surface area contributed by atoms with E-state index in [0.717, 1.165) is 30.8 Å². The molecule has 2 unspecified atom stereocenters. The molecule has 0 rings (SSSR count). The van der Waals surface area contributed by atoms with E-state index in [0.29, 0.717) is 5.92 Å². The normalized spacial score (nSPS) is 18.5. The van der Waals surface area contributed by atoms with Crippen LogP contribution in [0.3, 0.4) is 0 Å². The Balaban J connectivity index is 4.41. The van der Waals surface area contributed by atoms with Gasteiger partial charge in [0, 0.05) is 6.42 Å². The maximum atomic E-state index is 12.0. The lowest BCUT2D eigenvalue weighted by atomic mass is 9.94. The molecule has 0 aromatic heterocycles. The third-order valence-corrected chi connectivity index (χ3v) is 5.33.